The van der Waals surface area contributed by atoms with E-state index < -0.39 is 31.4 Å². The van der Waals surface area contributed by atoms with Gasteiger partial charge < -0.3 is 4.55 Å². The number of fused-ring (bicyclic) bond motifs is 5. The van der Waals surface area contributed by atoms with E-state index in [4.69, 9.17) is 11.6 Å². The van der Waals surface area contributed by atoms with E-state index in [-0.39, 0.29) is 17.4 Å². The molecule has 4 aromatic rings. The summed E-state index contributed by atoms with van der Waals surface area (Å²) in [6.07, 6.45) is 2.38. The van der Waals surface area contributed by atoms with Crippen molar-refractivity contribution < 1.29 is 30.5 Å². The predicted octanol–water partition coefficient (Wildman–Crippen LogP) is 4.96. The Morgan fingerprint density at radius 1 is 1.13 bits per heavy atom. The van der Waals surface area contributed by atoms with Crippen LogP contribution >= 0.6 is 34.7 Å². The molecule has 0 aliphatic carbocycles. The molecular weight excluding hydrogens is 588 g/mol. The molecule has 0 bridgehead atoms. The van der Waals surface area contributed by atoms with Gasteiger partial charge >= 0.3 is 10.1 Å². The first-order chi connectivity index (χ1) is 18.0. The first kappa shape index (κ1) is 26.2. The number of quaternary nitrogens is 1. The Kier molecular flexibility index (Phi) is 6.39. The monoisotopic (exact) mass is 609 g/mol. The zero-order valence-electron chi connectivity index (χ0n) is 19.8. The van der Waals surface area contributed by atoms with Crippen LogP contribution in [0.25, 0.3) is 27.1 Å². The highest BCUT2D eigenvalue weighted by Gasteiger charge is 2.62. The van der Waals surface area contributed by atoms with Gasteiger partial charge in [0.15, 0.2) is 17.3 Å². The summed E-state index contributed by atoms with van der Waals surface area (Å²) < 4.78 is 72.1. The van der Waals surface area contributed by atoms with E-state index in [0.29, 0.717) is 18.0 Å². The topological polar surface area (TPSA) is 115 Å². The van der Waals surface area contributed by atoms with Crippen LogP contribution in [-0.2, 0) is 26.8 Å². The number of halogens is 1. The molecule has 2 unspecified atom stereocenters. The molecule has 0 amide bonds. The van der Waals surface area contributed by atoms with E-state index >= 15 is 0 Å². The zero-order chi connectivity index (χ0) is 26.9. The first-order valence-electron chi connectivity index (χ1n) is 11.8. The van der Waals surface area contributed by atoms with Gasteiger partial charge in [0.05, 0.1) is 34.1 Å². The minimum Gasteiger partial charge on any atom is -0.748 e. The highest BCUT2D eigenvalue weighted by Crippen LogP contribution is 2.60. The molecule has 0 radical (unpaired) electrons. The molecule has 13 heteroatoms. The van der Waals surface area contributed by atoms with E-state index in [1.165, 1.54) is 23.1 Å². The van der Waals surface area contributed by atoms with Crippen molar-refractivity contribution in [2.45, 2.75) is 29.7 Å². The van der Waals surface area contributed by atoms with Crippen molar-refractivity contribution in [2.24, 2.45) is 0 Å². The Morgan fingerprint density at radius 2 is 1.92 bits per heavy atom. The van der Waals surface area contributed by atoms with Gasteiger partial charge in [0, 0.05) is 28.6 Å². The van der Waals surface area contributed by atoms with Gasteiger partial charge in [-0.05, 0) is 41.4 Å². The molecule has 38 heavy (non-hydrogen) atoms. The van der Waals surface area contributed by atoms with Crippen LogP contribution in [0.15, 0.2) is 64.5 Å². The minimum atomic E-state index is -4.37. The van der Waals surface area contributed by atoms with Crippen LogP contribution in [0.1, 0.15) is 17.8 Å². The van der Waals surface area contributed by atoms with E-state index in [2.05, 4.69) is 0 Å². The molecule has 1 N–H and O–H groups in total. The quantitative estimate of drug-likeness (QED) is 0.187. The summed E-state index contributed by atoms with van der Waals surface area (Å²) in [7, 11) is -8.74. The van der Waals surface area contributed by atoms with Gasteiger partial charge in [-0.3, -0.25) is 4.55 Å². The second kappa shape index (κ2) is 9.27. The summed E-state index contributed by atoms with van der Waals surface area (Å²) in [5.74, 6) is -0.495. The largest absolute Gasteiger partial charge is 0.748 e. The lowest BCUT2D eigenvalue weighted by molar-refractivity contribution is -0.668. The number of hydrogen-bond acceptors (Lipinski definition) is 7. The van der Waals surface area contributed by atoms with Crippen LogP contribution in [0.4, 0.5) is 5.69 Å². The molecule has 1 fully saturated rings. The van der Waals surface area contributed by atoms with Gasteiger partial charge in [-0.25, -0.2) is 12.9 Å². The summed E-state index contributed by atoms with van der Waals surface area (Å²) >= 11 is 9.21. The molecule has 6 rings (SSSR count). The molecule has 2 aliphatic heterocycles. The molecule has 3 aromatic carbocycles. The average Bonchev–Trinajstić information content (AvgIpc) is 3.33. The van der Waals surface area contributed by atoms with Gasteiger partial charge in [0.1, 0.15) is 4.70 Å². The van der Waals surface area contributed by atoms with Gasteiger partial charge in [-0.2, -0.15) is 13.0 Å². The average molecular weight is 610 g/mol. The predicted molar refractivity (Wildman–Crippen MR) is 151 cm³/mol. The molecule has 8 nitrogen and oxygen atoms in total. The summed E-state index contributed by atoms with van der Waals surface area (Å²) in [6, 6.07) is 17.2. The Labute approximate surface area is 233 Å². The zero-order valence-corrected chi connectivity index (χ0v) is 23.8. The second-order valence-electron chi connectivity index (χ2n) is 9.39. The Bertz CT molecular complexity index is 1870. The van der Waals surface area contributed by atoms with E-state index in [9.17, 15) is 25.9 Å². The fourth-order valence-corrected chi connectivity index (χ4v) is 9.92. The maximum atomic E-state index is 12.6. The van der Waals surface area contributed by atoms with Crippen LogP contribution in [0.2, 0.25) is 5.02 Å². The van der Waals surface area contributed by atoms with Gasteiger partial charge in [-0.1, -0.05) is 47.2 Å². The minimum absolute atomic E-state index is 0.00409. The third-order valence-corrected chi connectivity index (χ3v) is 11.8. The van der Waals surface area contributed by atoms with Crippen LogP contribution in [0, 0.1) is 0 Å². The molecular formula is C25H22ClN2O6S4+. The number of hydrogen-bond donors (Lipinski definition) is 1. The Hall–Kier alpha value is -2.03. The van der Waals surface area contributed by atoms with Gasteiger partial charge in [0.2, 0.25) is 10.9 Å². The molecule has 0 saturated carbocycles. The fraction of sp³-hybridized carbons (Fsp3) is 0.240. The van der Waals surface area contributed by atoms with Crippen molar-refractivity contribution in [3.05, 3.63) is 69.7 Å². The van der Waals surface area contributed by atoms with Crippen LogP contribution in [-0.4, -0.2) is 43.6 Å². The second-order valence-corrected chi connectivity index (χ2v) is 15.0. The summed E-state index contributed by atoms with van der Waals surface area (Å²) in [5.41, 5.74) is 1.66. The molecule has 2 aliphatic rings. The van der Waals surface area contributed by atoms with Crippen molar-refractivity contribution in [2.75, 3.05) is 12.3 Å². The van der Waals surface area contributed by atoms with E-state index in [0.717, 1.165) is 41.6 Å². The Balaban J connectivity index is 1.55. The number of thiazole rings is 1. The van der Waals surface area contributed by atoms with Crippen LogP contribution in [0.5, 0.6) is 0 Å². The molecule has 198 valence electrons. The molecule has 1 spiro atoms. The number of rotatable bonds is 6. The highest BCUT2D eigenvalue weighted by molar-refractivity contribution is 8.03. The Morgan fingerprint density at radius 3 is 2.63 bits per heavy atom. The highest BCUT2D eigenvalue weighted by atomic mass is 35.5. The normalized spacial score (nSPS) is 22.4. The summed E-state index contributed by atoms with van der Waals surface area (Å²) in [6.45, 7) is 0.776. The standard InChI is InChI=1S/C25H21ClN2O6S4/c26-17-7-9-20-19(14-17)27(11-3-13-37(29,30)31)22(35-20)15-23-28(12-10-24(28)38(32,33)34)25-18-5-2-1-4-16(18)6-8-21(25)36-23/h1-2,4-9,14-15,24H,3,10-13H2/p+1. The first-order valence-corrected chi connectivity index (χ1v) is 16.9. The van der Waals surface area contributed by atoms with Crippen molar-refractivity contribution in [1.29, 1.82) is 0 Å². The molecule has 1 aromatic heterocycles. The summed E-state index contributed by atoms with van der Waals surface area (Å²) in [5, 5.41) is 2.93. The molecule has 2 atom stereocenters. The number of aryl methyl sites for hydroxylation is 1. The summed E-state index contributed by atoms with van der Waals surface area (Å²) in [4.78, 5) is 0.927. The lowest BCUT2D eigenvalue weighted by Gasteiger charge is -2.47. The lowest BCUT2D eigenvalue weighted by atomic mass is 10.0. The molecule has 3 heterocycles. The number of benzene rings is 3. The maximum Gasteiger partial charge on any atom is 0.320 e. The van der Waals surface area contributed by atoms with Crippen molar-refractivity contribution in [3.8, 4) is 0 Å². The third-order valence-electron chi connectivity index (χ3n) is 7.15. The SMILES string of the molecule is O=S(=O)([O-])CCC[n+]1c(C=C2Sc3ccc4ccccc4c3[N+]23CCC3S(=O)(=O)O)sc2ccc(Cl)cc21. The van der Waals surface area contributed by atoms with Crippen LogP contribution < -0.4 is 9.05 Å². The number of thioether (sulfide) groups is 1. The smallest absolute Gasteiger partial charge is 0.320 e. The number of nitrogens with zero attached hydrogens (tertiary/aromatic N) is 2. The lowest BCUT2D eigenvalue weighted by Crippen LogP contribution is -2.66. The van der Waals surface area contributed by atoms with E-state index in [1.807, 2.05) is 53.1 Å². The number of aromatic nitrogens is 1. The van der Waals surface area contributed by atoms with Crippen LogP contribution in [0.3, 0.4) is 0 Å². The van der Waals surface area contributed by atoms with Gasteiger partial charge in [-0.15, -0.1) is 0 Å². The molecule has 1 saturated heterocycles. The fourth-order valence-electron chi connectivity index (χ4n) is 5.47. The van der Waals surface area contributed by atoms with Gasteiger partial charge in [0.25, 0.3) is 5.01 Å². The maximum absolute atomic E-state index is 12.6. The third kappa shape index (κ3) is 4.37. The van der Waals surface area contributed by atoms with Crippen molar-refractivity contribution in [1.82, 2.24) is 4.48 Å². The van der Waals surface area contributed by atoms with Crippen molar-refractivity contribution >= 4 is 87.7 Å². The van der Waals surface area contributed by atoms with E-state index in [1.54, 1.807) is 12.1 Å². The van der Waals surface area contributed by atoms with Crippen molar-refractivity contribution in [3.63, 3.8) is 0 Å².